The molecule has 0 atom stereocenters. The van der Waals surface area contributed by atoms with Crippen molar-refractivity contribution in [2.24, 2.45) is 0 Å². The zero-order valence-electron chi connectivity index (χ0n) is 11.3. The average Bonchev–Trinajstić information content (AvgIpc) is 2.29. The quantitative estimate of drug-likeness (QED) is 0.872. The van der Waals surface area contributed by atoms with E-state index in [4.69, 9.17) is 9.47 Å². The lowest BCUT2D eigenvalue weighted by Crippen LogP contribution is -2.08. The van der Waals surface area contributed by atoms with Crippen molar-refractivity contribution in [2.45, 2.75) is 13.8 Å². The molecule has 0 aliphatic carbocycles. The molecule has 18 heavy (non-hydrogen) atoms. The molecule has 100 valence electrons. The molecule has 0 radical (unpaired) electrons. The average molecular weight is 314 g/mol. The van der Waals surface area contributed by atoms with Gasteiger partial charge in [-0.05, 0) is 54.5 Å². The zero-order valence-corrected chi connectivity index (χ0v) is 12.9. The normalized spacial score (nSPS) is 11.5. The summed E-state index contributed by atoms with van der Waals surface area (Å²) in [7, 11) is 3.58. The number of nitrogens with one attached hydrogen (secondary N) is 1. The van der Waals surface area contributed by atoms with E-state index in [-0.39, 0.29) is 0 Å². The first-order valence-electron chi connectivity index (χ1n) is 5.94. The fourth-order valence-corrected chi connectivity index (χ4v) is 2.37. The molecular weight excluding hydrogens is 294 g/mol. The number of likely N-dealkylation sites (N-methyl/N-ethyl adjacent to an activating group) is 1. The number of halogens is 1. The van der Waals surface area contributed by atoms with E-state index < -0.39 is 0 Å². The van der Waals surface area contributed by atoms with Gasteiger partial charge in [0.1, 0.15) is 0 Å². The van der Waals surface area contributed by atoms with Crippen LogP contribution < -0.4 is 14.8 Å². The third kappa shape index (κ3) is 4.03. The topological polar surface area (TPSA) is 30.5 Å². The van der Waals surface area contributed by atoms with Gasteiger partial charge >= 0.3 is 0 Å². The fourth-order valence-electron chi connectivity index (χ4n) is 1.75. The molecule has 0 saturated carbocycles. The van der Waals surface area contributed by atoms with Crippen molar-refractivity contribution in [2.75, 3.05) is 27.3 Å². The molecule has 1 aromatic rings. The van der Waals surface area contributed by atoms with E-state index in [2.05, 4.69) is 34.2 Å². The number of methoxy groups -OCH3 is 1. The summed E-state index contributed by atoms with van der Waals surface area (Å²) in [6.07, 6.45) is 2.13. The molecule has 3 nitrogen and oxygen atoms in total. The van der Waals surface area contributed by atoms with Crippen molar-refractivity contribution in [1.29, 1.82) is 0 Å². The lowest BCUT2D eigenvalue weighted by Gasteiger charge is -2.12. The van der Waals surface area contributed by atoms with Gasteiger partial charge in [-0.15, -0.1) is 0 Å². The molecular formula is C14H20BrNO2. The second-order valence-corrected chi connectivity index (χ2v) is 4.84. The number of rotatable bonds is 6. The van der Waals surface area contributed by atoms with Crippen LogP contribution in [0.2, 0.25) is 0 Å². The smallest absolute Gasteiger partial charge is 0.174 e. The third-order valence-corrected chi connectivity index (χ3v) is 2.99. The van der Waals surface area contributed by atoms with Crippen LogP contribution in [-0.4, -0.2) is 27.3 Å². The molecule has 0 spiro atoms. The maximum atomic E-state index is 5.59. The molecule has 0 amide bonds. The second-order valence-electron chi connectivity index (χ2n) is 3.99. The molecule has 0 unspecified atom stereocenters. The molecule has 1 rings (SSSR count). The molecule has 0 bridgehead atoms. The minimum Gasteiger partial charge on any atom is -0.492 e. The molecule has 0 aromatic heterocycles. The highest BCUT2D eigenvalue weighted by molar-refractivity contribution is 9.10. The number of hydrogen-bond donors (Lipinski definition) is 1. The Kier molecular flexibility index (Phi) is 6.22. The van der Waals surface area contributed by atoms with E-state index >= 15 is 0 Å². The van der Waals surface area contributed by atoms with Crippen molar-refractivity contribution in [1.82, 2.24) is 5.32 Å². The minimum atomic E-state index is 0.617. The number of ether oxygens (including phenoxy) is 2. The third-order valence-electron chi connectivity index (χ3n) is 2.40. The largest absolute Gasteiger partial charge is 0.492 e. The molecule has 1 aromatic carbocycles. The van der Waals surface area contributed by atoms with Gasteiger partial charge in [0.25, 0.3) is 0 Å². The van der Waals surface area contributed by atoms with Crippen LogP contribution in [-0.2, 0) is 0 Å². The van der Waals surface area contributed by atoms with Crippen molar-refractivity contribution in [3.8, 4) is 11.5 Å². The Hall–Kier alpha value is -1.00. The molecule has 0 aliphatic heterocycles. The molecule has 4 heteroatoms. The number of benzene rings is 1. The Balaban J connectivity index is 3.11. The van der Waals surface area contributed by atoms with Gasteiger partial charge in [0.15, 0.2) is 11.5 Å². The van der Waals surface area contributed by atoms with Crippen LogP contribution in [0.1, 0.15) is 19.4 Å². The lowest BCUT2D eigenvalue weighted by atomic mass is 10.1. The predicted molar refractivity (Wildman–Crippen MR) is 79.4 cm³/mol. The van der Waals surface area contributed by atoms with E-state index in [9.17, 15) is 0 Å². The Labute approximate surface area is 117 Å². The van der Waals surface area contributed by atoms with Crippen molar-refractivity contribution < 1.29 is 9.47 Å². The van der Waals surface area contributed by atoms with E-state index in [1.54, 1.807) is 7.11 Å². The minimum absolute atomic E-state index is 0.617. The van der Waals surface area contributed by atoms with Crippen LogP contribution in [0.3, 0.4) is 0 Å². The first-order valence-corrected chi connectivity index (χ1v) is 6.73. The van der Waals surface area contributed by atoms with E-state index in [0.29, 0.717) is 6.61 Å². The summed E-state index contributed by atoms with van der Waals surface area (Å²) >= 11 is 3.51. The molecule has 1 N–H and O–H groups in total. The van der Waals surface area contributed by atoms with Crippen LogP contribution in [0.5, 0.6) is 11.5 Å². The van der Waals surface area contributed by atoms with Gasteiger partial charge in [0.05, 0.1) is 18.2 Å². The Morgan fingerprint density at radius 3 is 2.72 bits per heavy atom. The van der Waals surface area contributed by atoms with Crippen molar-refractivity contribution in [3.05, 3.63) is 27.7 Å². The van der Waals surface area contributed by atoms with Gasteiger partial charge in [-0.2, -0.15) is 0 Å². The van der Waals surface area contributed by atoms with Gasteiger partial charge < -0.3 is 14.8 Å². The van der Waals surface area contributed by atoms with Crippen LogP contribution >= 0.6 is 15.9 Å². The maximum Gasteiger partial charge on any atom is 0.174 e. The van der Waals surface area contributed by atoms with E-state index in [1.807, 2.05) is 26.1 Å². The van der Waals surface area contributed by atoms with Crippen LogP contribution in [0.15, 0.2) is 22.2 Å². The summed E-state index contributed by atoms with van der Waals surface area (Å²) in [5.41, 5.74) is 2.36. The maximum absolute atomic E-state index is 5.59. The van der Waals surface area contributed by atoms with Gasteiger partial charge in [-0.25, -0.2) is 0 Å². The Morgan fingerprint density at radius 2 is 2.17 bits per heavy atom. The Morgan fingerprint density at radius 1 is 1.44 bits per heavy atom. The summed E-state index contributed by atoms with van der Waals surface area (Å²) in [4.78, 5) is 0. The molecule has 0 fully saturated rings. The summed E-state index contributed by atoms with van der Waals surface area (Å²) in [6.45, 7) is 5.54. The van der Waals surface area contributed by atoms with Crippen LogP contribution in [0, 0.1) is 0 Å². The predicted octanol–water partition coefficient (Wildman–Crippen LogP) is 3.48. The summed E-state index contributed by atoms with van der Waals surface area (Å²) in [5.74, 6) is 1.50. The summed E-state index contributed by atoms with van der Waals surface area (Å²) in [6, 6.07) is 4.02. The van der Waals surface area contributed by atoms with Gasteiger partial charge in [-0.1, -0.05) is 11.6 Å². The summed E-state index contributed by atoms with van der Waals surface area (Å²) < 4.78 is 11.8. The van der Waals surface area contributed by atoms with Crippen LogP contribution in [0.25, 0.3) is 6.08 Å². The summed E-state index contributed by atoms with van der Waals surface area (Å²) in [5, 5.41) is 3.13. The Bertz CT molecular complexity index is 430. The van der Waals surface area contributed by atoms with Gasteiger partial charge in [0.2, 0.25) is 0 Å². The first-order chi connectivity index (χ1) is 8.62. The highest BCUT2D eigenvalue weighted by Gasteiger charge is 2.10. The number of hydrogen-bond acceptors (Lipinski definition) is 3. The lowest BCUT2D eigenvalue weighted by molar-refractivity contribution is 0.310. The molecule has 0 saturated heterocycles. The standard InChI is InChI=1S/C14H20BrNO2/c1-5-18-13-8-11(6-10(2)9-16-3)7-12(15)14(13)17-4/h6-8,16H,5,9H2,1-4H3. The SMILES string of the molecule is CCOc1cc(C=C(C)CNC)cc(Br)c1OC. The second kappa shape index (κ2) is 7.44. The fraction of sp³-hybridized carbons (Fsp3) is 0.429. The highest BCUT2D eigenvalue weighted by Crippen LogP contribution is 2.37. The highest BCUT2D eigenvalue weighted by atomic mass is 79.9. The van der Waals surface area contributed by atoms with E-state index in [0.717, 1.165) is 28.1 Å². The van der Waals surface area contributed by atoms with Crippen LogP contribution in [0.4, 0.5) is 0 Å². The van der Waals surface area contributed by atoms with Crippen molar-refractivity contribution >= 4 is 22.0 Å². The van der Waals surface area contributed by atoms with Gasteiger partial charge in [-0.3, -0.25) is 0 Å². The molecule has 0 heterocycles. The molecule has 0 aliphatic rings. The van der Waals surface area contributed by atoms with E-state index in [1.165, 1.54) is 5.57 Å². The van der Waals surface area contributed by atoms with Crippen molar-refractivity contribution in [3.63, 3.8) is 0 Å². The zero-order chi connectivity index (χ0) is 13.5. The monoisotopic (exact) mass is 313 g/mol. The first kappa shape index (κ1) is 15.1. The van der Waals surface area contributed by atoms with Gasteiger partial charge in [0, 0.05) is 6.54 Å².